The van der Waals surface area contributed by atoms with Crippen LogP contribution in [0.15, 0.2) is 0 Å². The first-order valence-corrected chi connectivity index (χ1v) is 30.6. The van der Waals surface area contributed by atoms with Crippen molar-refractivity contribution in [1.29, 1.82) is 0 Å². The molecular formula is C61H126N+. The molecule has 0 heterocycles. The molecule has 0 unspecified atom stereocenters. The minimum atomic E-state index is 1.37. The predicted octanol–water partition coefficient (Wildman–Crippen LogP) is 22.6. The lowest BCUT2D eigenvalue weighted by atomic mass is 10.0. The zero-order valence-electron chi connectivity index (χ0n) is 44.8. The highest BCUT2D eigenvalue weighted by Gasteiger charge is 2.26. The van der Waals surface area contributed by atoms with Crippen LogP contribution in [0.25, 0.3) is 0 Å². The SMILES string of the molecule is CCCCCCCCCCCCCCCC[N+](CCCCCCCCCCCCCCC)(CCCCCCCCCCCCCCC)CCCCCCCCCCCCCCC. The Kier molecular flexibility index (Phi) is 55.3. The van der Waals surface area contributed by atoms with E-state index in [9.17, 15) is 0 Å². The molecule has 0 aliphatic heterocycles. The Morgan fingerprint density at radius 3 is 0.339 bits per heavy atom. The number of unbranched alkanes of at least 4 members (excludes halogenated alkanes) is 49. The van der Waals surface area contributed by atoms with Crippen molar-refractivity contribution < 1.29 is 4.48 Å². The Labute approximate surface area is 397 Å². The second-order valence-corrected chi connectivity index (χ2v) is 21.6. The Morgan fingerprint density at radius 2 is 0.226 bits per heavy atom. The third-order valence-corrected chi connectivity index (χ3v) is 15.2. The summed E-state index contributed by atoms with van der Waals surface area (Å²) in [5.41, 5.74) is 0. The fourth-order valence-electron chi connectivity index (χ4n) is 10.7. The highest BCUT2D eigenvalue weighted by molar-refractivity contribution is 4.57. The molecule has 0 amide bonds. The van der Waals surface area contributed by atoms with E-state index in [1.54, 1.807) is 0 Å². The lowest BCUT2D eigenvalue weighted by Crippen LogP contribution is -2.50. The molecule has 1 heteroatoms. The molecule has 0 aliphatic rings. The molecule has 0 rings (SSSR count). The van der Waals surface area contributed by atoms with E-state index >= 15 is 0 Å². The van der Waals surface area contributed by atoms with Crippen molar-refractivity contribution in [3.8, 4) is 0 Å². The van der Waals surface area contributed by atoms with Gasteiger partial charge in [-0.1, -0.05) is 317 Å². The van der Waals surface area contributed by atoms with Gasteiger partial charge in [-0.05, 0) is 51.4 Å². The van der Waals surface area contributed by atoms with Crippen molar-refractivity contribution in [3.63, 3.8) is 0 Å². The maximum atomic E-state index is 2.33. The van der Waals surface area contributed by atoms with Crippen LogP contribution < -0.4 is 0 Å². The standard InChI is InChI=1S/C61H126N/c1-5-9-13-17-21-25-29-33-37-41-45-49-53-57-61-62(58-54-50-46-42-38-34-30-26-22-18-14-10-6-2,59-55-51-47-43-39-35-31-27-23-19-15-11-7-3)60-56-52-48-44-40-36-32-28-24-20-16-12-8-4/h5-61H2,1-4H3/q+1. The summed E-state index contributed by atoms with van der Waals surface area (Å²) in [4.78, 5) is 0. The second-order valence-electron chi connectivity index (χ2n) is 21.6. The summed E-state index contributed by atoms with van der Waals surface area (Å²) >= 11 is 0. The van der Waals surface area contributed by atoms with Gasteiger partial charge in [-0.3, -0.25) is 0 Å². The molecule has 0 aliphatic carbocycles. The number of hydrogen-bond donors (Lipinski definition) is 0. The highest BCUT2D eigenvalue weighted by atomic mass is 15.3. The van der Waals surface area contributed by atoms with Gasteiger partial charge >= 0.3 is 0 Å². The minimum Gasteiger partial charge on any atom is -0.324 e. The molecule has 0 atom stereocenters. The van der Waals surface area contributed by atoms with Crippen LogP contribution >= 0.6 is 0 Å². The van der Waals surface area contributed by atoms with Crippen LogP contribution in [-0.4, -0.2) is 30.7 Å². The molecule has 0 radical (unpaired) electrons. The van der Waals surface area contributed by atoms with E-state index in [1.165, 1.54) is 371 Å². The lowest BCUT2D eigenvalue weighted by molar-refractivity contribution is -0.929. The van der Waals surface area contributed by atoms with Crippen LogP contribution in [0, 0.1) is 0 Å². The van der Waals surface area contributed by atoms with Crippen LogP contribution in [0.2, 0.25) is 0 Å². The van der Waals surface area contributed by atoms with Crippen molar-refractivity contribution in [1.82, 2.24) is 0 Å². The monoisotopic (exact) mass is 873 g/mol. The lowest BCUT2D eigenvalue weighted by Gasteiger charge is -2.40. The summed E-state index contributed by atoms with van der Waals surface area (Å²) in [6, 6.07) is 0. The van der Waals surface area contributed by atoms with Crippen molar-refractivity contribution in [2.24, 2.45) is 0 Å². The zero-order valence-corrected chi connectivity index (χ0v) is 44.8. The van der Waals surface area contributed by atoms with Gasteiger partial charge in [0.1, 0.15) is 0 Å². The van der Waals surface area contributed by atoms with E-state index < -0.39 is 0 Å². The summed E-state index contributed by atoms with van der Waals surface area (Å²) in [6.45, 7) is 15.3. The second kappa shape index (κ2) is 55.3. The molecule has 62 heavy (non-hydrogen) atoms. The molecule has 374 valence electrons. The molecule has 0 aromatic heterocycles. The Hall–Kier alpha value is -0.0400. The smallest absolute Gasteiger partial charge is 0.0786 e. The molecular weight excluding hydrogens is 747 g/mol. The number of quaternary nitrogens is 1. The van der Waals surface area contributed by atoms with Gasteiger partial charge in [-0.15, -0.1) is 0 Å². The average molecular weight is 874 g/mol. The van der Waals surface area contributed by atoms with E-state index in [2.05, 4.69) is 27.7 Å². The summed E-state index contributed by atoms with van der Waals surface area (Å²) in [7, 11) is 0. The van der Waals surface area contributed by atoms with E-state index in [4.69, 9.17) is 0 Å². The molecule has 0 aromatic carbocycles. The zero-order chi connectivity index (χ0) is 44.8. The predicted molar refractivity (Wildman–Crippen MR) is 287 cm³/mol. The summed E-state index contributed by atoms with van der Waals surface area (Å²) in [5, 5.41) is 0. The van der Waals surface area contributed by atoms with Crippen LogP contribution in [0.3, 0.4) is 0 Å². The molecule has 0 saturated heterocycles. The summed E-state index contributed by atoms with van der Waals surface area (Å²) in [5.74, 6) is 0. The van der Waals surface area contributed by atoms with E-state index in [0.717, 1.165) is 0 Å². The van der Waals surface area contributed by atoms with E-state index in [0.29, 0.717) is 0 Å². The van der Waals surface area contributed by atoms with Crippen LogP contribution in [0.1, 0.15) is 368 Å². The van der Waals surface area contributed by atoms with Gasteiger partial charge < -0.3 is 4.48 Å². The largest absolute Gasteiger partial charge is 0.324 e. The van der Waals surface area contributed by atoms with Crippen LogP contribution in [0.5, 0.6) is 0 Å². The topological polar surface area (TPSA) is 0 Å². The summed E-state index contributed by atoms with van der Waals surface area (Å²) < 4.78 is 1.49. The molecule has 0 fully saturated rings. The fourth-order valence-corrected chi connectivity index (χ4v) is 10.7. The minimum absolute atomic E-state index is 1.37. The number of rotatable bonds is 57. The van der Waals surface area contributed by atoms with Crippen molar-refractivity contribution in [2.75, 3.05) is 26.2 Å². The highest BCUT2D eigenvalue weighted by Crippen LogP contribution is 2.22. The average Bonchev–Trinajstić information content (AvgIpc) is 3.28. The van der Waals surface area contributed by atoms with Crippen molar-refractivity contribution in [3.05, 3.63) is 0 Å². The van der Waals surface area contributed by atoms with E-state index in [-0.39, 0.29) is 0 Å². The van der Waals surface area contributed by atoms with Gasteiger partial charge in [-0.2, -0.15) is 0 Å². The van der Waals surface area contributed by atoms with Crippen LogP contribution in [0.4, 0.5) is 0 Å². The molecule has 0 spiro atoms. The quantitative estimate of drug-likeness (QED) is 0.0422. The first-order valence-electron chi connectivity index (χ1n) is 30.6. The molecule has 0 aromatic rings. The van der Waals surface area contributed by atoms with Crippen LogP contribution in [-0.2, 0) is 0 Å². The van der Waals surface area contributed by atoms with E-state index in [1.807, 2.05) is 0 Å². The third kappa shape index (κ3) is 49.4. The molecule has 0 N–H and O–H groups in total. The normalized spacial score (nSPS) is 12.0. The first kappa shape index (κ1) is 62.0. The fraction of sp³-hybridized carbons (Fsp3) is 1.00. The van der Waals surface area contributed by atoms with Gasteiger partial charge in [0.25, 0.3) is 0 Å². The summed E-state index contributed by atoms with van der Waals surface area (Å²) in [6.07, 6.45) is 78.2. The van der Waals surface area contributed by atoms with Crippen molar-refractivity contribution in [2.45, 2.75) is 368 Å². The molecule has 0 bridgehead atoms. The van der Waals surface area contributed by atoms with Crippen molar-refractivity contribution >= 4 is 0 Å². The molecule has 0 saturated carbocycles. The first-order chi connectivity index (χ1) is 30.7. The van der Waals surface area contributed by atoms with Gasteiger partial charge in [-0.25, -0.2) is 0 Å². The Morgan fingerprint density at radius 1 is 0.129 bits per heavy atom. The van der Waals surface area contributed by atoms with Gasteiger partial charge in [0.05, 0.1) is 26.2 Å². The third-order valence-electron chi connectivity index (χ3n) is 15.2. The van der Waals surface area contributed by atoms with Gasteiger partial charge in [0, 0.05) is 0 Å². The van der Waals surface area contributed by atoms with Gasteiger partial charge in [0.2, 0.25) is 0 Å². The number of hydrogen-bond acceptors (Lipinski definition) is 0. The van der Waals surface area contributed by atoms with Gasteiger partial charge in [0.15, 0.2) is 0 Å². The maximum Gasteiger partial charge on any atom is 0.0786 e. The Bertz CT molecular complexity index is 684. The Balaban J connectivity index is 4.92. The number of nitrogens with zero attached hydrogens (tertiary/aromatic N) is 1. The molecule has 1 nitrogen and oxygen atoms in total. The maximum absolute atomic E-state index is 2.33.